The molecule has 2 aromatic carbocycles. The first-order valence-electron chi connectivity index (χ1n) is 9.91. The predicted molar refractivity (Wildman–Crippen MR) is 133 cm³/mol. The molecule has 0 spiro atoms. The van der Waals surface area contributed by atoms with Crippen LogP contribution < -0.4 is 15.1 Å². The molecule has 6 nitrogen and oxygen atoms in total. The lowest BCUT2D eigenvalue weighted by molar-refractivity contribution is 0.369. The second-order valence-corrected chi connectivity index (χ2v) is 7.19. The van der Waals surface area contributed by atoms with E-state index in [1.807, 2.05) is 32.3 Å². The third-order valence-corrected chi connectivity index (χ3v) is 5.00. The maximum Gasteiger partial charge on any atom is 0.194 e. The molecule has 7 heteroatoms. The molecule has 158 valence electrons. The Labute approximate surface area is 191 Å². The van der Waals surface area contributed by atoms with Gasteiger partial charge in [0.2, 0.25) is 0 Å². The number of piperazine rings is 1. The zero-order valence-corrected chi connectivity index (χ0v) is 19.8. The summed E-state index contributed by atoms with van der Waals surface area (Å²) >= 11 is 0. The van der Waals surface area contributed by atoms with Crippen LogP contribution in [0.25, 0.3) is 0 Å². The maximum atomic E-state index is 10.1. The highest BCUT2D eigenvalue weighted by Crippen LogP contribution is 2.27. The van der Waals surface area contributed by atoms with Crippen molar-refractivity contribution >= 4 is 41.3 Å². The quantitative estimate of drug-likeness (QED) is 0.368. The van der Waals surface area contributed by atoms with E-state index in [0.717, 1.165) is 44.4 Å². The van der Waals surface area contributed by atoms with Gasteiger partial charge in [0.05, 0.1) is 12.2 Å². The van der Waals surface area contributed by atoms with Gasteiger partial charge in [0.15, 0.2) is 5.96 Å². The van der Waals surface area contributed by atoms with Gasteiger partial charge in [0.1, 0.15) is 5.75 Å². The average molecular weight is 509 g/mol. The van der Waals surface area contributed by atoms with Crippen LogP contribution in [0.3, 0.4) is 0 Å². The van der Waals surface area contributed by atoms with E-state index in [0.29, 0.717) is 12.3 Å². The molecule has 1 heterocycles. The summed E-state index contributed by atoms with van der Waals surface area (Å²) in [5.41, 5.74) is 3.30. The maximum absolute atomic E-state index is 10.1. The largest absolute Gasteiger partial charge is 0.506 e. The molecule has 0 bridgehead atoms. The number of hydrogen-bond acceptors (Lipinski definition) is 4. The summed E-state index contributed by atoms with van der Waals surface area (Å²) in [4.78, 5) is 11.5. The monoisotopic (exact) mass is 509 g/mol. The van der Waals surface area contributed by atoms with Crippen molar-refractivity contribution < 1.29 is 5.11 Å². The van der Waals surface area contributed by atoms with E-state index in [4.69, 9.17) is 4.99 Å². The highest BCUT2D eigenvalue weighted by atomic mass is 127. The Kier molecular flexibility index (Phi) is 8.88. The Bertz CT molecular complexity index is 786. The topological polar surface area (TPSA) is 54.3 Å². The number of anilines is 2. The van der Waals surface area contributed by atoms with Gasteiger partial charge in [-0.3, -0.25) is 0 Å². The normalized spacial score (nSPS) is 14.4. The third-order valence-electron chi connectivity index (χ3n) is 5.00. The number of nitrogens with zero attached hydrogens (tertiary/aromatic N) is 4. The number of nitrogens with one attached hydrogen (secondary N) is 1. The second kappa shape index (κ2) is 11.1. The van der Waals surface area contributed by atoms with Gasteiger partial charge in [-0.1, -0.05) is 24.3 Å². The standard InChI is InChI=1S/C22H31N5O.HI/c1-4-23-22(24-17-18-9-11-19(12-10-18)25(2)3)27-15-13-26(14-16-27)20-7-5-6-8-21(20)28;/h5-12,28H,4,13-17H2,1-3H3,(H,23,24);1H. The summed E-state index contributed by atoms with van der Waals surface area (Å²) in [5.74, 6) is 1.30. The lowest BCUT2D eigenvalue weighted by atomic mass is 10.2. The Morgan fingerprint density at radius 3 is 2.28 bits per heavy atom. The first-order chi connectivity index (χ1) is 13.6. The SMILES string of the molecule is CCNC(=NCc1ccc(N(C)C)cc1)N1CCN(c2ccccc2O)CC1.I. The molecule has 1 aliphatic heterocycles. The summed E-state index contributed by atoms with van der Waals surface area (Å²) in [5, 5.41) is 13.5. The molecule has 0 aromatic heterocycles. The molecular weight excluding hydrogens is 477 g/mol. The van der Waals surface area contributed by atoms with Crippen LogP contribution in [0.15, 0.2) is 53.5 Å². The number of phenolic OH excluding ortho intramolecular Hbond substituents is 1. The number of aliphatic imine (C=N–C) groups is 1. The predicted octanol–water partition coefficient (Wildman–Crippen LogP) is 3.36. The molecule has 1 fully saturated rings. The van der Waals surface area contributed by atoms with Crippen LogP contribution in [0.5, 0.6) is 5.75 Å². The minimum absolute atomic E-state index is 0. The second-order valence-electron chi connectivity index (χ2n) is 7.19. The summed E-state index contributed by atoms with van der Waals surface area (Å²) in [6.45, 7) is 7.08. The lowest BCUT2D eigenvalue weighted by Gasteiger charge is -2.37. The van der Waals surface area contributed by atoms with Gasteiger partial charge in [0.25, 0.3) is 0 Å². The fourth-order valence-corrected chi connectivity index (χ4v) is 3.38. The minimum Gasteiger partial charge on any atom is -0.506 e. The van der Waals surface area contributed by atoms with E-state index >= 15 is 0 Å². The number of rotatable bonds is 5. The van der Waals surface area contributed by atoms with Gasteiger partial charge in [-0.15, -0.1) is 24.0 Å². The Morgan fingerprint density at radius 2 is 1.69 bits per heavy atom. The van der Waals surface area contributed by atoms with Crippen LogP contribution >= 0.6 is 24.0 Å². The van der Waals surface area contributed by atoms with Gasteiger partial charge in [-0.25, -0.2) is 4.99 Å². The van der Waals surface area contributed by atoms with E-state index in [1.165, 1.54) is 11.3 Å². The molecule has 0 atom stereocenters. The molecule has 0 aliphatic carbocycles. The number of aromatic hydroxyl groups is 1. The Morgan fingerprint density at radius 1 is 1.03 bits per heavy atom. The number of para-hydroxylation sites is 2. The van der Waals surface area contributed by atoms with E-state index in [-0.39, 0.29) is 24.0 Å². The number of guanidine groups is 1. The van der Waals surface area contributed by atoms with Crippen LogP contribution in [-0.4, -0.2) is 62.8 Å². The van der Waals surface area contributed by atoms with Crippen LogP contribution in [0.1, 0.15) is 12.5 Å². The van der Waals surface area contributed by atoms with Crippen molar-refractivity contribution in [2.75, 3.05) is 56.6 Å². The molecule has 0 amide bonds. The summed E-state index contributed by atoms with van der Waals surface area (Å²) < 4.78 is 0. The fraction of sp³-hybridized carbons (Fsp3) is 0.409. The Hall–Kier alpha value is -2.16. The number of benzene rings is 2. The average Bonchev–Trinajstić information content (AvgIpc) is 2.72. The van der Waals surface area contributed by atoms with Crippen LogP contribution in [0.2, 0.25) is 0 Å². The third kappa shape index (κ3) is 6.16. The van der Waals surface area contributed by atoms with Gasteiger partial charge >= 0.3 is 0 Å². The zero-order valence-electron chi connectivity index (χ0n) is 17.5. The first-order valence-corrected chi connectivity index (χ1v) is 9.91. The van der Waals surface area contributed by atoms with Crippen molar-refractivity contribution in [3.05, 3.63) is 54.1 Å². The number of phenols is 1. The van der Waals surface area contributed by atoms with E-state index in [2.05, 4.69) is 51.2 Å². The molecule has 3 rings (SSSR count). The molecule has 0 radical (unpaired) electrons. The van der Waals surface area contributed by atoms with Crippen molar-refractivity contribution in [2.45, 2.75) is 13.5 Å². The molecular formula is C22H32IN5O. The highest BCUT2D eigenvalue weighted by molar-refractivity contribution is 14.0. The molecule has 0 saturated carbocycles. The van der Waals surface area contributed by atoms with Gasteiger partial charge < -0.3 is 25.1 Å². The van der Waals surface area contributed by atoms with Crippen molar-refractivity contribution in [3.63, 3.8) is 0 Å². The van der Waals surface area contributed by atoms with Gasteiger partial charge in [0, 0.05) is 52.5 Å². The minimum atomic E-state index is 0. The molecule has 2 aromatic rings. The van der Waals surface area contributed by atoms with Gasteiger partial charge in [-0.05, 0) is 36.8 Å². The lowest BCUT2D eigenvalue weighted by Crippen LogP contribution is -2.52. The summed E-state index contributed by atoms with van der Waals surface area (Å²) in [6.07, 6.45) is 0. The fourth-order valence-electron chi connectivity index (χ4n) is 3.38. The summed E-state index contributed by atoms with van der Waals surface area (Å²) in [6, 6.07) is 16.1. The van der Waals surface area contributed by atoms with Crippen molar-refractivity contribution in [1.29, 1.82) is 0 Å². The molecule has 0 unspecified atom stereocenters. The number of halogens is 1. The van der Waals surface area contributed by atoms with Crippen molar-refractivity contribution in [3.8, 4) is 5.75 Å². The van der Waals surface area contributed by atoms with E-state index < -0.39 is 0 Å². The van der Waals surface area contributed by atoms with Crippen LogP contribution in [-0.2, 0) is 6.54 Å². The Balaban J connectivity index is 0.00000300. The molecule has 1 aliphatic rings. The molecule has 1 saturated heterocycles. The first kappa shape index (κ1) is 23.1. The van der Waals surface area contributed by atoms with E-state index in [1.54, 1.807) is 6.07 Å². The van der Waals surface area contributed by atoms with Gasteiger partial charge in [-0.2, -0.15) is 0 Å². The van der Waals surface area contributed by atoms with Crippen LogP contribution in [0.4, 0.5) is 11.4 Å². The zero-order chi connectivity index (χ0) is 19.9. The van der Waals surface area contributed by atoms with Crippen molar-refractivity contribution in [2.24, 2.45) is 4.99 Å². The van der Waals surface area contributed by atoms with Crippen molar-refractivity contribution in [1.82, 2.24) is 10.2 Å². The highest BCUT2D eigenvalue weighted by Gasteiger charge is 2.21. The van der Waals surface area contributed by atoms with E-state index in [9.17, 15) is 5.11 Å². The van der Waals surface area contributed by atoms with Crippen LogP contribution in [0, 0.1) is 0 Å². The number of hydrogen-bond donors (Lipinski definition) is 2. The summed E-state index contributed by atoms with van der Waals surface area (Å²) in [7, 11) is 4.09. The molecule has 2 N–H and O–H groups in total. The molecule has 29 heavy (non-hydrogen) atoms. The smallest absolute Gasteiger partial charge is 0.194 e.